The fourth-order valence-electron chi connectivity index (χ4n) is 2.52. The molecule has 1 fully saturated rings. The van der Waals surface area contributed by atoms with E-state index in [1.807, 2.05) is 0 Å². The molecule has 8 heteroatoms. The molecular formula is C12H17BrN4O3. The first-order chi connectivity index (χ1) is 9.47. The zero-order chi connectivity index (χ0) is 14.7. The third-order valence-electron chi connectivity index (χ3n) is 3.64. The van der Waals surface area contributed by atoms with Gasteiger partial charge in [0.2, 0.25) is 5.91 Å². The first-order valence-corrected chi connectivity index (χ1v) is 7.43. The number of hydrogen-bond donors (Lipinski definition) is 1. The van der Waals surface area contributed by atoms with Gasteiger partial charge in [0.1, 0.15) is 11.0 Å². The van der Waals surface area contributed by atoms with E-state index in [1.54, 1.807) is 0 Å². The molecule has 1 aromatic rings. The summed E-state index contributed by atoms with van der Waals surface area (Å²) in [4.78, 5) is 22.1. The van der Waals surface area contributed by atoms with E-state index >= 15 is 0 Å². The second kappa shape index (κ2) is 6.34. The standard InChI is InChI=1S/C12H17BrN4O3/c1-8-4-2-3-5-10(8)14-11(18)7-16-6-9(13)12(15-16)17(19)20/h6,8,10H,2-5,7H2,1H3,(H,14,18). The summed E-state index contributed by atoms with van der Waals surface area (Å²) < 4.78 is 1.56. The zero-order valence-electron chi connectivity index (χ0n) is 11.2. The zero-order valence-corrected chi connectivity index (χ0v) is 12.8. The Balaban J connectivity index is 1.94. The molecule has 0 bridgehead atoms. The van der Waals surface area contributed by atoms with Gasteiger partial charge in [-0.25, -0.2) is 0 Å². The van der Waals surface area contributed by atoms with Crippen LogP contribution in [0.2, 0.25) is 0 Å². The minimum atomic E-state index is -0.582. The van der Waals surface area contributed by atoms with Crippen molar-refractivity contribution < 1.29 is 9.72 Å². The maximum absolute atomic E-state index is 12.0. The minimum Gasteiger partial charge on any atom is -0.358 e. The van der Waals surface area contributed by atoms with Gasteiger partial charge in [-0.1, -0.05) is 19.8 Å². The number of amides is 1. The summed E-state index contributed by atoms with van der Waals surface area (Å²) in [5.41, 5.74) is 0. The molecule has 1 heterocycles. The van der Waals surface area contributed by atoms with Crippen LogP contribution in [0, 0.1) is 16.0 Å². The van der Waals surface area contributed by atoms with Gasteiger partial charge in [0.25, 0.3) is 0 Å². The number of nitrogens with zero attached hydrogens (tertiary/aromatic N) is 3. The van der Waals surface area contributed by atoms with Gasteiger partial charge in [-0.2, -0.15) is 4.68 Å². The second-order valence-electron chi connectivity index (χ2n) is 5.19. The average molecular weight is 345 g/mol. The fourth-order valence-corrected chi connectivity index (χ4v) is 2.98. The van der Waals surface area contributed by atoms with Crippen molar-refractivity contribution in [2.45, 2.75) is 45.2 Å². The van der Waals surface area contributed by atoms with Gasteiger partial charge in [-0.15, -0.1) is 0 Å². The average Bonchev–Trinajstić information content (AvgIpc) is 2.73. The molecule has 20 heavy (non-hydrogen) atoms. The molecule has 2 rings (SSSR count). The SMILES string of the molecule is CC1CCCCC1NC(=O)Cn1cc(Br)c([N+](=O)[O-])n1. The van der Waals surface area contributed by atoms with Crippen molar-refractivity contribution in [1.82, 2.24) is 15.1 Å². The maximum atomic E-state index is 12.0. The van der Waals surface area contributed by atoms with E-state index < -0.39 is 4.92 Å². The number of carbonyl (C=O) groups is 1. The molecule has 1 aliphatic carbocycles. The van der Waals surface area contributed by atoms with Gasteiger partial charge in [0.05, 0.1) is 11.3 Å². The van der Waals surface area contributed by atoms with Crippen LogP contribution in [0.4, 0.5) is 5.82 Å². The number of nitro groups is 1. The highest BCUT2D eigenvalue weighted by molar-refractivity contribution is 9.10. The molecule has 0 radical (unpaired) electrons. The quantitative estimate of drug-likeness (QED) is 0.669. The monoisotopic (exact) mass is 344 g/mol. The molecule has 110 valence electrons. The summed E-state index contributed by atoms with van der Waals surface area (Å²) in [7, 11) is 0. The number of halogens is 1. The van der Waals surface area contributed by atoms with Gasteiger partial charge in [-0.3, -0.25) is 4.79 Å². The summed E-state index contributed by atoms with van der Waals surface area (Å²) in [6.07, 6.45) is 5.92. The van der Waals surface area contributed by atoms with Crippen molar-refractivity contribution >= 4 is 27.7 Å². The summed E-state index contributed by atoms with van der Waals surface area (Å²) in [6, 6.07) is 0.199. The maximum Gasteiger partial charge on any atom is 0.404 e. The van der Waals surface area contributed by atoms with Crippen LogP contribution in [0.3, 0.4) is 0 Å². The smallest absolute Gasteiger partial charge is 0.358 e. The minimum absolute atomic E-state index is 0.00431. The van der Waals surface area contributed by atoms with Crippen molar-refractivity contribution in [3.05, 3.63) is 20.8 Å². The fraction of sp³-hybridized carbons (Fsp3) is 0.667. The first-order valence-electron chi connectivity index (χ1n) is 6.64. The molecule has 7 nitrogen and oxygen atoms in total. The number of nitrogens with one attached hydrogen (secondary N) is 1. The van der Waals surface area contributed by atoms with E-state index in [4.69, 9.17) is 0 Å². The van der Waals surface area contributed by atoms with E-state index in [9.17, 15) is 14.9 Å². The predicted octanol–water partition coefficient (Wildman–Crippen LogP) is 2.25. The van der Waals surface area contributed by atoms with Crippen molar-refractivity contribution in [3.8, 4) is 0 Å². The Morgan fingerprint density at radius 3 is 2.90 bits per heavy atom. The largest absolute Gasteiger partial charge is 0.404 e. The molecule has 1 N–H and O–H groups in total. The van der Waals surface area contributed by atoms with Crippen LogP contribution in [0.25, 0.3) is 0 Å². The Kier molecular flexibility index (Phi) is 4.74. The van der Waals surface area contributed by atoms with Crippen LogP contribution in [0.5, 0.6) is 0 Å². The van der Waals surface area contributed by atoms with E-state index in [-0.39, 0.29) is 28.8 Å². The third kappa shape index (κ3) is 3.56. The van der Waals surface area contributed by atoms with Crippen molar-refractivity contribution in [2.24, 2.45) is 5.92 Å². The molecule has 1 amide bonds. The molecule has 2 unspecified atom stereocenters. The van der Waals surface area contributed by atoms with Crippen LogP contribution >= 0.6 is 15.9 Å². The predicted molar refractivity (Wildman–Crippen MR) is 76.1 cm³/mol. The second-order valence-corrected chi connectivity index (χ2v) is 6.05. The van der Waals surface area contributed by atoms with Crippen molar-refractivity contribution in [3.63, 3.8) is 0 Å². The Hall–Kier alpha value is -1.44. The Morgan fingerprint density at radius 2 is 2.30 bits per heavy atom. The Labute approximate surface area is 125 Å². The van der Waals surface area contributed by atoms with E-state index in [2.05, 4.69) is 33.3 Å². The number of hydrogen-bond acceptors (Lipinski definition) is 4. The normalized spacial score (nSPS) is 22.5. The van der Waals surface area contributed by atoms with Crippen LogP contribution in [0.15, 0.2) is 10.7 Å². The molecule has 2 atom stereocenters. The van der Waals surface area contributed by atoms with Crippen LogP contribution < -0.4 is 5.32 Å². The van der Waals surface area contributed by atoms with Gasteiger partial charge in [-0.05, 0) is 39.6 Å². The summed E-state index contributed by atoms with van der Waals surface area (Å²) >= 11 is 3.06. The Morgan fingerprint density at radius 1 is 1.60 bits per heavy atom. The lowest BCUT2D eigenvalue weighted by Gasteiger charge is -2.29. The molecular weight excluding hydrogens is 328 g/mol. The lowest BCUT2D eigenvalue weighted by molar-refractivity contribution is -0.390. The van der Waals surface area contributed by atoms with Gasteiger partial charge >= 0.3 is 5.82 Å². The first kappa shape index (κ1) is 15.0. The highest BCUT2D eigenvalue weighted by atomic mass is 79.9. The van der Waals surface area contributed by atoms with E-state index in [0.29, 0.717) is 5.92 Å². The van der Waals surface area contributed by atoms with E-state index in [1.165, 1.54) is 17.3 Å². The molecule has 0 aromatic carbocycles. The lowest BCUT2D eigenvalue weighted by atomic mass is 9.86. The topological polar surface area (TPSA) is 90.1 Å². The highest BCUT2D eigenvalue weighted by Crippen LogP contribution is 2.24. The summed E-state index contributed by atoms with van der Waals surface area (Å²) in [5, 5.41) is 17.4. The van der Waals surface area contributed by atoms with Gasteiger partial charge in [0, 0.05) is 6.04 Å². The molecule has 0 spiro atoms. The van der Waals surface area contributed by atoms with E-state index in [0.717, 1.165) is 19.3 Å². The molecule has 0 saturated heterocycles. The third-order valence-corrected chi connectivity index (χ3v) is 4.19. The summed E-state index contributed by atoms with van der Waals surface area (Å²) in [6.45, 7) is 2.13. The van der Waals surface area contributed by atoms with Crippen LogP contribution in [0.1, 0.15) is 32.6 Å². The molecule has 1 aliphatic rings. The van der Waals surface area contributed by atoms with Crippen molar-refractivity contribution in [1.29, 1.82) is 0 Å². The molecule has 1 aromatic heterocycles. The van der Waals surface area contributed by atoms with Crippen LogP contribution in [-0.2, 0) is 11.3 Å². The molecule has 0 aliphatic heterocycles. The van der Waals surface area contributed by atoms with Crippen molar-refractivity contribution in [2.75, 3.05) is 0 Å². The van der Waals surface area contributed by atoms with Gasteiger partial charge in [0.15, 0.2) is 0 Å². The number of carbonyl (C=O) groups excluding carboxylic acids is 1. The number of rotatable bonds is 4. The summed E-state index contributed by atoms with van der Waals surface area (Å²) in [5.74, 6) is 0.0453. The Bertz CT molecular complexity index is 517. The van der Waals surface area contributed by atoms with Gasteiger partial charge < -0.3 is 15.4 Å². The molecule has 1 saturated carbocycles. The number of aromatic nitrogens is 2. The van der Waals surface area contributed by atoms with Crippen LogP contribution in [-0.4, -0.2) is 26.7 Å². The highest BCUT2D eigenvalue weighted by Gasteiger charge is 2.24. The lowest BCUT2D eigenvalue weighted by Crippen LogP contribution is -2.42.